The molecule has 6 atom stereocenters. The largest absolute Gasteiger partial charge is 0.489 e. The summed E-state index contributed by atoms with van der Waals surface area (Å²) in [7, 11) is 1.52. The van der Waals surface area contributed by atoms with Crippen molar-refractivity contribution in [1.29, 1.82) is 0 Å². The van der Waals surface area contributed by atoms with Gasteiger partial charge < -0.3 is 38.7 Å². The van der Waals surface area contributed by atoms with Gasteiger partial charge in [0, 0.05) is 43.2 Å². The molecule has 3 aromatic carbocycles. The van der Waals surface area contributed by atoms with Crippen LogP contribution in [0.1, 0.15) is 80.9 Å². The van der Waals surface area contributed by atoms with E-state index in [1.165, 1.54) is 13.2 Å². The standard InChI is InChI=1S/C48H61FN2O9/c1-4-23-51(47(54)57-28-27-56-32-34-15-7-6-8-16-34)44-31-42(50-55-3)39-29-35(17-11-13-24-52)38(19-12-14-25-53)45-40-30-37(58-33-36-18-9-10-20-41(36)49)21-22-43(40)60-48(44,46(39)45)59-26-5-2/h5-10,15-16,18,20-22,29-30,35,38,44-46,52-53H,2,4,11-14,17,19,23-28,31-33H2,1,3H3/t35-,38+,44-,45+,46+,48+/m0/s1. The first-order valence-corrected chi connectivity index (χ1v) is 21.4. The van der Waals surface area contributed by atoms with E-state index >= 15 is 0 Å². The van der Waals surface area contributed by atoms with Gasteiger partial charge in [0.15, 0.2) is 0 Å². The number of halogens is 1. The molecule has 2 aliphatic carbocycles. The molecular formula is C48H61FN2O9. The van der Waals surface area contributed by atoms with Gasteiger partial charge in [-0.05, 0) is 79.3 Å². The average molecular weight is 829 g/mol. The summed E-state index contributed by atoms with van der Waals surface area (Å²) < 4.78 is 47.0. The van der Waals surface area contributed by atoms with Crippen LogP contribution in [-0.2, 0) is 32.3 Å². The first kappa shape index (κ1) is 44.8. The maximum absolute atomic E-state index is 14.7. The van der Waals surface area contributed by atoms with Crippen LogP contribution in [-0.4, -0.2) is 85.4 Å². The van der Waals surface area contributed by atoms with Crippen LogP contribution in [0.5, 0.6) is 11.5 Å². The van der Waals surface area contributed by atoms with E-state index in [9.17, 15) is 19.4 Å². The molecule has 11 nitrogen and oxygen atoms in total. The number of allylic oxidation sites excluding steroid dienone is 1. The number of carbonyl (C=O) groups excluding carboxylic acids is 1. The number of nitrogens with zero attached hydrogens (tertiary/aromatic N) is 2. The Balaban J connectivity index is 1.44. The molecule has 0 bridgehead atoms. The van der Waals surface area contributed by atoms with Crippen molar-refractivity contribution < 1.29 is 47.9 Å². The Morgan fingerprint density at radius 2 is 1.77 bits per heavy atom. The van der Waals surface area contributed by atoms with Crippen molar-refractivity contribution in [3.05, 3.63) is 120 Å². The molecule has 1 aliphatic heterocycles. The van der Waals surface area contributed by atoms with Gasteiger partial charge in [-0.2, -0.15) is 0 Å². The van der Waals surface area contributed by atoms with E-state index in [0.29, 0.717) is 55.2 Å². The predicted octanol–water partition coefficient (Wildman–Crippen LogP) is 8.73. The van der Waals surface area contributed by atoms with Crippen LogP contribution >= 0.6 is 0 Å². The van der Waals surface area contributed by atoms with E-state index in [-0.39, 0.29) is 69.6 Å². The van der Waals surface area contributed by atoms with Gasteiger partial charge in [-0.15, -0.1) is 6.58 Å². The van der Waals surface area contributed by atoms with E-state index in [2.05, 4.69) is 17.8 Å². The third-order valence-corrected chi connectivity index (χ3v) is 11.8. The number of aliphatic hydroxyl groups excluding tert-OH is 2. The van der Waals surface area contributed by atoms with Gasteiger partial charge in [-0.1, -0.05) is 85.6 Å². The highest BCUT2D eigenvalue weighted by atomic mass is 19.1. The zero-order valence-electron chi connectivity index (χ0n) is 35.0. The molecule has 1 fully saturated rings. The fraction of sp³-hybridized carbons (Fsp3) is 0.500. The van der Waals surface area contributed by atoms with E-state index in [0.717, 1.165) is 42.4 Å². The zero-order valence-corrected chi connectivity index (χ0v) is 35.0. The van der Waals surface area contributed by atoms with Gasteiger partial charge in [0.2, 0.25) is 5.79 Å². The molecular weight excluding hydrogens is 768 g/mol. The van der Waals surface area contributed by atoms with E-state index in [1.54, 1.807) is 29.2 Å². The monoisotopic (exact) mass is 828 g/mol. The highest BCUT2D eigenvalue weighted by Crippen LogP contribution is 2.62. The summed E-state index contributed by atoms with van der Waals surface area (Å²) in [6.07, 6.45) is 8.89. The molecule has 0 aromatic heterocycles. The lowest BCUT2D eigenvalue weighted by Crippen LogP contribution is -2.70. The molecule has 3 aliphatic rings. The maximum Gasteiger partial charge on any atom is 0.410 e. The summed E-state index contributed by atoms with van der Waals surface area (Å²) in [6.45, 7) is 7.39. The van der Waals surface area contributed by atoms with Crippen molar-refractivity contribution in [1.82, 2.24) is 4.90 Å². The van der Waals surface area contributed by atoms with Crippen LogP contribution in [0.25, 0.3) is 0 Å². The Bertz CT molecular complexity index is 1910. The molecule has 0 saturated heterocycles. The number of hydrogen-bond donors (Lipinski definition) is 2. The van der Waals surface area contributed by atoms with Crippen LogP contribution in [0.2, 0.25) is 0 Å². The number of rotatable bonds is 23. The van der Waals surface area contributed by atoms with Crippen molar-refractivity contribution in [3.8, 4) is 11.5 Å². The Hall–Kier alpha value is -4.75. The molecule has 1 heterocycles. The first-order valence-electron chi connectivity index (χ1n) is 21.4. The molecule has 3 aromatic rings. The second-order valence-corrected chi connectivity index (χ2v) is 15.7. The molecule has 324 valence electrons. The number of unbranched alkanes of at least 4 members (excludes halogenated alkanes) is 2. The van der Waals surface area contributed by atoms with Gasteiger partial charge in [-0.3, -0.25) is 4.90 Å². The number of oxime groups is 1. The lowest BCUT2D eigenvalue weighted by molar-refractivity contribution is -0.255. The van der Waals surface area contributed by atoms with E-state index in [1.807, 2.05) is 55.5 Å². The predicted molar refractivity (Wildman–Crippen MR) is 227 cm³/mol. The second kappa shape index (κ2) is 22.2. The van der Waals surface area contributed by atoms with Gasteiger partial charge >= 0.3 is 6.09 Å². The number of benzene rings is 3. The number of ether oxygens (including phenoxy) is 5. The minimum atomic E-state index is -1.41. The van der Waals surface area contributed by atoms with Crippen molar-refractivity contribution in [2.75, 3.05) is 46.7 Å². The number of aliphatic hydroxyl groups is 2. The van der Waals surface area contributed by atoms with Crippen LogP contribution in [0, 0.1) is 23.6 Å². The Morgan fingerprint density at radius 1 is 1.00 bits per heavy atom. The molecule has 6 rings (SSSR count). The van der Waals surface area contributed by atoms with Crippen molar-refractivity contribution in [3.63, 3.8) is 0 Å². The summed E-state index contributed by atoms with van der Waals surface area (Å²) in [6, 6.07) is 21.4. The summed E-state index contributed by atoms with van der Waals surface area (Å²) >= 11 is 0. The molecule has 1 amide bonds. The summed E-state index contributed by atoms with van der Waals surface area (Å²) in [5, 5.41) is 24.3. The number of hydrogen-bond acceptors (Lipinski definition) is 10. The van der Waals surface area contributed by atoms with Gasteiger partial charge in [-0.25, -0.2) is 9.18 Å². The highest BCUT2D eigenvalue weighted by Gasteiger charge is 2.65. The Kier molecular flexibility index (Phi) is 16.6. The summed E-state index contributed by atoms with van der Waals surface area (Å²) in [4.78, 5) is 21.6. The first-order chi connectivity index (χ1) is 29.4. The SMILES string of the molecule is C=CCO[C@@]12Oc3ccc(OCc4ccccc4F)cc3[C@H]3[C@H](CCCCO)[C@@H](CCCCO)C=C(C(=NOC)C[C@@H]1N(CCC)C(=O)OCCOCc1ccccc1)[C@H]32. The van der Waals surface area contributed by atoms with Crippen molar-refractivity contribution >= 4 is 11.8 Å². The average Bonchev–Trinajstić information content (AvgIpc) is 3.26. The van der Waals surface area contributed by atoms with Gasteiger partial charge in [0.25, 0.3) is 0 Å². The van der Waals surface area contributed by atoms with Crippen LogP contribution in [0.15, 0.2) is 102 Å². The number of carbonyl (C=O) groups is 1. The zero-order chi connectivity index (χ0) is 42.3. The van der Waals surface area contributed by atoms with E-state index in [4.69, 9.17) is 28.5 Å². The minimum absolute atomic E-state index is 0.0380. The normalized spacial score (nSPS) is 23.4. The van der Waals surface area contributed by atoms with Crippen LogP contribution in [0.4, 0.5) is 9.18 Å². The van der Waals surface area contributed by atoms with Crippen molar-refractivity contribution in [2.45, 2.75) is 89.3 Å². The van der Waals surface area contributed by atoms with Gasteiger partial charge in [0.1, 0.15) is 43.7 Å². The Labute approximate surface area is 353 Å². The number of amides is 1. The van der Waals surface area contributed by atoms with Gasteiger partial charge in [0.05, 0.1) is 31.5 Å². The molecule has 0 unspecified atom stereocenters. The molecule has 0 radical (unpaired) electrons. The molecule has 2 N–H and O–H groups in total. The fourth-order valence-corrected chi connectivity index (χ4v) is 9.28. The van der Waals surface area contributed by atoms with Crippen LogP contribution < -0.4 is 9.47 Å². The van der Waals surface area contributed by atoms with E-state index < -0.39 is 23.8 Å². The minimum Gasteiger partial charge on any atom is -0.489 e. The fourth-order valence-electron chi connectivity index (χ4n) is 9.28. The van der Waals surface area contributed by atoms with Crippen molar-refractivity contribution in [2.24, 2.45) is 22.9 Å². The maximum atomic E-state index is 14.7. The smallest absolute Gasteiger partial charge is 0.410 e. The van der Waals surface area contributed by atoms with Crippen LogP contribution in [0.3, 0.4) is 0 Å². The topological polar surface area (TPSA) is 129 Å². The second-order valence-electron chi connectivity index (χ2n) is 15.7. The Morgan fingerprint density at radius 3 is 2.50 bits per heavy atom. The summed E-state index contributed by atoms with van der Waals surface area (Å²) in [5.74, 6) is -1.20. The molecule has 0 spiro atoms. The third kappa shape index (κ3) is 10.4. The molecule has 1 saturated carbocycles. The highest BCUT2D eigenvalue weighted by molar-refractivity contribution is 6.02. The third-order valence-electron chi connectivity index (χ3n) is 11.8. The lowest BCUT2D eigenvalue weighted by atomic mass is 9.55. The molecule has 60 heavy (non-hydrogen) atoms. The molecule has 12 heteroatoms. The number of fused-ring (bicyclic) bond motifs is 2. The quantitative estimate of drug-likeness (QED) is 0.0548. The lowest BCUT2D eigenvalue weighted by Gasteiger charge is -2.59. The summed E-state index contributed by atoms with van der Waals surface area (Å²) in [5.41, 5.74) is 4.00.